The van der Waals surface area contributed by atoms with Crippen LogP contribution >= 0.6 is 0 Å². The number of hydrogen-bond acceptors (Lipinski definition) is 4. The Morgan fingerprint density at radius 3 is 2.95 bits per heavy atom. The normalized spacial score (nSPS) is 22.6. The van der Waals surface area contributed by atoms with E-state index in [-0.39, 0.29) is 0 Å². The van der Waals surface area contributed by atoms with Gasteiger partial charge in [-0.05, 0) is 31.7 Å². The second kappa shape index (κ2) is 4.19. The summed E-state index contributed by atoms with van der Waals surface area (Å²) in [6, 6.07) is 1.47. The molecular weight excluding hydrogens is 256 g/mol. The molecule has 1 saturated carbocycles. The van der Waals surface area contributed by atoms with Crippen LogP contribution in [0.3, 0.4) is 0 Å². The molecule has 6 heteroatoms. The number of carboxylic acid groups (broad SMARTS) is 1. The van der Waals surface area contributed by atoms with Gasteiger partial charge in [-0.1, -0.05) is 0 Å². The third kappa shape index (κ3) is 1.75. The van der Waals surface area contributed by atoms with Gasteiger partial charge in [0.25, 0.3) is 0 Å². The molecular formula is C14H16N4O2. The molecule has 2 fully saturated rings. The quantitative estimate of drug-likeness (QED) is 0.891. The van der Waals surface area contributed by atoms with E-state index in [1.165, 1.54) is 0 Å². The number of aliphatic carboxylic acids is 1. The number of carbonyl (C=O) groups is 1. The van der Waals surface area contributed by atoms with E-state index < -0.39 is 12.0 Å². The van der Waals surface area contributed by atoms with Crippen molar-refractivity contribution in [1.29, 1.82) is 0 Å². The van der Waals surface area contributed by atoms with E-state index in [2.05, 4.69) is 15.0 Å². The summed E-state index contributed by atoms with van der Waals surface area (Å²) in [4.78, 5) is 25.7. The zero-order chi connectivity index (χ0) is 13.7. The summed E-state index contributed by atoms with van der Waals surface area (Å²) in [5.74, 6) is 1.32. The van der Waals surface area contributed by atoms with E-state index in [1.807, 2.05) is 17.2 Å². The van der Waals surface area contributed by atoms with Gasteiger partial charge in [0.15, 0.2) is 0 Å². The molecule has 1 saturated heterocycles. The summed E-state index contributed by atoms with van der Waals surface area (Å²) in [5, 5.41) is 10.3. The first-order chi connectivity index (χ1) is 9.74. The number of anilines is 1. The van der Waals surface area contributed by atoms with Crippen molar-refractivity contribution in [2.75, 3.05) is 11.4 Å². The molecule has 2 aromatic rings. The summed E-state index contributed by atoms with van der Waals surface area (Å²) in [6.45, 7) is 0.748. The molecule has 1 aliphatic heterocycles. The van der Waals surface area contributed by atoms with E-state index in [1.54, 1.807) is 0 Å². The van der Waals surface area contributed by atoms with Crippen molar-refractivity contribution >= 4 is 22.8 Å². The second-order valence-corrected chi connectivity index (χ2v) is 5.61. The third-order valence-corrected chi connectivity index (χ3v) is 4.17. The van der Waals surface area contributed by atoms with Crippen molar-refractivity contribution in [2.45, 2.75) is 37.6 Å². The maximum absolute atomic E-state index is 11.4. The third-order valence-electron chi connectivity index (χ3n) is 4.17. The van der Waals surface area contributed by atoms with Crippen molar-refractivity contribution in [3.63, 3.8) is 0 Å². The van der Waals surface area contributed by atoms with Crippen LogP contribution in [-0.4, -0.2) is 38.6 Å². The number of carboxylic acids is 1. The van der Waals surface area contributed by atoms with Gasteiger partial charge in [-0.2, -0.15) is 0 Å². The first-order valence-corrected chi connectivity index (χ1v) is 7.08. The molecule has 1 aliphatic carbocycles. The Hall–Kier alpha value is -2.11. The van der Waals surface area contributed by atoms with Crippen molar-refractivity contribution in [3.05, 3.63) is 18.1 Å². The van der Waals surface area contributed by atoms with Crippen LogP contribution in [0.15, 0.2) is 12.3 Å². The summed E-state index contributed by atoms with van der Waals surface area (Å²) in [7, 11) is 0. The SMILES string of the molecule is O=C(O)C1CCCN1c1nc(C2CC2)nc2[nH]ccc12. The number of rotatable bonds is 3. The molecule has 0 spiro atoms. The average molecular weight is 272 g/mol. The van der Waals surface area contributed by atoms with Crippen molar-refractivity contribution < 1.29 is 9.90 Å². The van der Waals surface area contributed by atoms with Gasteiger partial charge in [0.1, 0.15) is 23.3 Å². The van der Waals surface area contributed by atoms with Crippen molar-refractivity contribution in [2.24, 2.45) is 0 Å². The van der Waals surface area contributed by atoms with E-state index >= 15 is 0 Å². The topological polar surface area (TPSA) is 82.1 Å². The Bertz CT molecular complexity index is 677. The van der Waals surface area contributed by atoms with Gasteiger partial charge >= 0.3 is 5.97 Å². The number of H-pyrrole nitrogens is 1. The zero-order valence-electron chi connectivity index (χ0n) is 11.0. The van der Waals surface area contributed by atoms with Crippen LogP contribution < -0.4 is 4.90 Å². The minimum Gasteiger partial charge on any atom is -0.480 e. The number of nitrogens with zero attached hydrogens (tertiary/aromatic N) is 3. The Morgan fingerprint density at radius 2 is 2.20 bits per heavy atom. The average Bonchev–Trinajstić information content (AvgIpc) is 2.99. The number of hydrogen-bond donors (Lipinski definition) is 2. The largest absolute Gasteiger partial charge is 0.480 e. The highest BCUT2D eigenvalue weighted by atomic mass is 16.4. The fourth-order valence-corrected chi connectivity index (χ4v) is 2.96. The number of fused-ring (bicyclic) bond motifs is 1. The number of nitrogens with one attached hydrogen (secondary N) is 1. The predicted octanol–water partition coefficient (Wildman–Crippen LogP) is 1.89. The zero-order valence-corrected chi connectivity index (χ0v) is 11.0. The lowest BCUT2D eigenvalue weighted by Gasteiger charge is -2.23. The molecule has 2 aliphatic rings. The van der Waals surface area contributed by atoms with Gasteiger partial charge in [0.2, 0.25) is 0 Å². The fourth-order valence-electron chi connectivity index (χ4n) is 2.96. The molecule has 104 valence electrons. The monoisotopic (exact) mass is 272 g/mol. The van der Waals surface area contributed by atoms with Crippen LogP contribution in [0.25, 0.3) is 11.0 Å². The first-order valence-electron chi connectivity index (χ1n) is 7.08. The standard InChI is InChI=1S/C14H16N4O2/c19-14(20)10-2-1-7-18(10)13-9-5-6-15-12(9)16-11(17-13)8-3-4-8/h5-6,8,10H,1-4,7H2,(H,19,20)(H,15,16,17). The Labute approximate surface area is 115 Å². The molecule has 0 bridgehead atoms. The highest BCUT2D eigenvalue weighted by Crippen LogP contribution is 2.40. The van der Waals surface area contributed by atoms with Crippen LogP contribution in [0, 0.1) is 0 Å². The van der Waals surface area contributed by atoms with E-state index in [9.17, 15) is 9.90 Å². The minimum absolute atomic E-state index is 0.451. The lowest BCUT2D eigenvalue weighted by atomic mass is 10.2. The van der Waals surface area contributed by atoms with E-state index in [0.717, 1.165) is 48.5 Å². The number of aromatic nitrogens is 3. The van der Waals surface area contributed by atoms with Crippen LogP contribution in [0.4, 0.5) is 5.82 Å². The molecule has 6 nitrogen and oxygen atoms in total. The molecule has 0 aromatic carbocycles. The molecule has 20 heavy (non-hydrogen) atoms. The molecule has 2 N–H and O–H groups in total. The van der Waals surface area contributed by atoms with Gasteiger partial charge in [-0.25, -0.2) is 14.8 Å². The van der Waals surface area contributed by atoms with Gasteiger partial charge < -0.3 is 15.0 Å². The van der Waals surface area contributed by atoms with Crippen LogP contribution in [0.1, 0.15) is 37.4 Å². The lowest BCUT2D eigenvalue weighted by molar-refractivity contribution is -0.138. The van der Waals surface area contributed by atoms with Crippen LogP contribution in [0.2, 0.25) is 0 Å². The van der Waals surface area contributed by atoms with E-state index in [4.69, 9.17) is 0 Å². The van der Waals surface area contributed by atoms with Gasteiger partial charge in [0.05, 0.1) is 5.39 Å². The van der Waals surface area contributed by atoms with Gasteiger partial charge in [0, 0.05) is 18.7 Å². The molecule has 0 radical (unpaired) electrons. The molecule has 0 amide bonds. The smallest absolute Gasteiger partial charge is 0.326 e. The maximum Gasteiger partial charge on any atom is 0.326 e. The maximum atomic E-state index is 11.4. The number of aromatic amines is 1. The minimum atomic E-state index is -0.766. The summed E-state index contributed by atoms with van der Waals surface area (Å²) in [5.41, 5.74) is 0.813. The first kappa shape index (κ1) is 11.7. The lowest BCUT2D eigenvalue weighted by Crippen LogP contribution is -2.36. The van der Waals surface area contributed by atoms with Crippen molar-refractivity contribution in [1.82, 2.24) is 15.0 Å². The summed E-state index contributed by atoms with van der Waals surface area (Å²) < 4.78 is 0. The molecule has 1 unspecified atom stereocenters. The van der Waals surface area contributed by atoms with Crippen molar-refractivity contribution in [3.8, 4) is 0 Å². The van der Waals surface area contributed by atoms with E-state index in [0.29, 0.717) is 12.3 Å². The summed E-state index contributed by atoms with van der Waals surface area (Å²) in [6.07, 6.45) is 5.68. The van der Waals surface area contributed by atoms with Gasteiger partial charge in [-0.15, -0.1) is 0 Å². The van der Waals surface area contributed by atoms with Crippen LogP contribution in [0.5, 0.6) is 0 Å². The second-order valence-electron chi connectivity index (χ2n) is 5.61. The fraction of sp³-hybridized carbons (Fsp3) is 0.500. The highest BCUT2D eigenvalue weighted by Gasteiger charge is 2.34. The molecule has 4 rings (SSSR count). The molecule has 1 atom stereocenters. The molecule has 2 aromatic heterocycles. The predicted molar refractivity (Wildman–Crippen MR) is 73.9 cm³/mol. The Balaban J connectivity index is 1.84. The summed E-state index contributed by atoms with van der Waals surface area (Å²) >= 11 is 0. The molecule has 3 heterocycles. The van der Waals surface area contributed by atoms with Gasteiger partial charge in [-0.3, -0.25) is 0 Å². The highest BCUT2D eigenvalue weighted by molar-refractivity contribution is 5.90. The Morgan fingerprint density at radius 1 is 1.35 bits per heavy atom. The van der Waals surface area contributed by atoms with Crippen LogP contribution in [-0.2, 0) is 4.79 Å². The Kier molecular flexibility index (Phi) is 2.45.